The number of aromatic nitrogens is 2. The molecule has 0 aliphatic heterocycles. The van der Waals surface area contributed by atoms with Crippen molar-refractivity contribution in [1.29, 1.82) is 0 Å². The first-order valence-electron chi connectivity index (χ1n) is 6.89. The van der Waals surface area contributed by atoms with Gasteiger partial charge in [0, 0.05) is 17.7 Å². The summed E-state index contributed by atoms with van der Waals surface area (Å²) in [5.74, 6) is 1.41. The number of hydrogen-bond acceptors (Lipinski definition) is 2. The van der Waals surface area contributed by atoms with Crippen LogP contribution in [0.4, 0.5) is 0 Å². The molecule has 0 bridgehead atoms. The number of nitrogens with one attached hydrogen (secondary N) is 1. The summed E-state index contributed by atoms with van der Waals surface area (Å²) < 4.78 is 0. The first-order chi connectivity index (χ1) is 8.29. The summed E-state index contributed by atoms with van der Waals surface area (Å²) in [6.45, 7) is 2.12. The van der Waals surface area contributed by atoms with Gasteiger partial charge < -0.3 is 4.98 Å². The van der Waals surface area contributed by atoms with Crippen molar-refractivity contribution < 1.29 is 0 Å². The molecule has 3 nitrogen and oxygen atoms in total. The molecule has 0 saturated heterocycles. The van der Waals surface area contributed by atoms with Crippen LogP contribution in [-0.2, 0) is 6.42 Å². The molecule has 1 aromatic rings. The third kappa shape index (κ3) is 3.42. The summed E-state index contributed by atoms with van der Waals surface area (Å²) in [6, 6.07) is 1.64. The van der Waals surface area contributed by atoms with E-state index in [2.05, 4.69) is 16.9 Å². The zero-order valence-corrected chi connectivity index (χ0v) is 10.7. The Kier molecular flexibility index (Phi) is 4.35. The van der Waals surface area contributed by atoms with Crippen molar-refractivity contribution in [2.75, 3.05) is 0 Å². The van der Waals surface area contributed by atoms with E-state index >= 15 is 0 Å². The normalized spacial score (nSPS) is 17.9. The molecule has 1 N–H and O–H groups in total. The quantitative estimate of drug-likeness (QED) is 0.816. The fourth-order valence-corrected chi connectivity index (χ4v) is 2.66. The van der Waals surface area contributed by atoms with Crippen LogP contribution in [0.2, 0.25) is 0 Å². The highest BCUT2D eigenvalue weighted by Crippen LogP contribution is 2.29. The molecule has 0 atom stereocenters. The average molecular weight is 234 g/mol. The van der Waals surface area contributed by atoms with Crippen LogP contribution in [0, 0.1) is 0 Å². The second-order valence-electron chi connectivity index (χ2n) is 5.06. The summed E-state index contributed by atoms with van der Waals surface area (Å²) in [5, 5.41) is 0. The topological polar surface area (TPSA) is 45.8 Å². The van der Waals surface area contributed by atoms with Gasteiger partial charge in [-0.25, -0.2) is 4.98 Å². The highest BCUT2D eigenvalue weighted by molar-refractivity contribution is 5.06. The van der Waals surface area contributed by atoms with Gasteiger partial charge in [-0.05, 0) is 19.3 Å². The molecule has 0 aromatic carbocycles. The number of rotatable bonds is 3. The lowest BCUT2D eigenvalue weighted by atomic mass is 9.99. The summed E-state index contributed by atoms with van der Waals surface area (Å²) in [6.07, 6.45) is 9.50. The lowest BCUT2D eigenvalue weighted by molar-refractivity contribution is 0.554. The Morgan fingerprint density at radius 3 is 2.65 bits per heavy atom. The Morgan fingerprint density at radius 2 is 2.00 bits per heavy atom. The van der Waals surface area contributed by atoms with Crippen molar-refractivity contribution in [3.63, 3.8) is 0 Å². The Balaban J connectivity index is 2.20. The minimum Gasteiger partial charge on any atom is -0.310 e. The first kappa shape index (κ1) is 12.3. The smallest absolute Gasteiger partial charge is 0.251 e. The third-order valence-electron chi connectivity index (χ3n) is 3.56. The van der Waals surface area contributed by atoms with E-state index in [0.717, 1.165) is 24.4 Å². The fourth-order valence-electron chi connectivity index (χ4n) is 2.66. The van der Waals surface area contributed by atoms with E-state index in [1.54, 1.807) is 6.07 Å². The SMILES string of the molecule is CCCc1cc(=O)[nH]c(C2CCCCCC2)n1. The third-order valence-corrected chi connectivity index (χ3v) is 3.56. The van der Waals surface area contributed by atoms with Gasteiger partial charge in [0.15, 0.2) is 0 Å². The van der Waals surface area contributed by atoms with E-state index < -0.39 is 0 Å². The molecular formula is C14H22N2O. The van der Waals surface area contributed by atoms with Crippen LogP contribution in [0.1, 0.15) is 69.3 Å². The standard InChI is InChI=1S/C14H22N2O/c1-2-7-12-10-13(17)16-14(15-12)11-8-5-3-4-6-9-11/h10-11H,2-9H2,1H3,(H,15,16,17). The minimum atomic E-state index is 0.0164. The molecule has 1 aromatic heterocycles. The number of aromatic amines is 1. The van der Waals surface area contributed by atoms with Crippen molar-refractivity contribution in [3.05, 3.63) is 27.9 Å². The highest BCUT2D eigenvalue weighted by atomic mass is 16.1. The number of hydrogen-bond donors (Lipinski definition) is 1. The number of aryl methyl sites for hydroxylation is 1. The predicted molar refractivity (Wildman–Crippen MR) is 69.3 cm³/mol. The van der Waals surface area contributed by atoms with Gasteiger partial charge in [0.2, 0.25) is 0 Å². The summed E-state index contributed by atoms with van der Waals surface area (Å²) in [5.41, 5.74) is 0.971. The molecule has 1 heterocycles. The molecule has 0 spiro atoms. The summed E-state index contributed by atoms with van der Waals surface area (Å²) in [7, 11) is 0. The summed E-state index contributed by atoms with van der Waals surface area (Å²) >= 11 is 0. The van der Waals surface area contributed by atoms with E-state index in [1.807, 2.05) is 0 Å². The van der Waals surface area contributed by atoms with Gasteiger partial charge in [0.05, 0.1) is 0 Å². The lowest BCUT2D eigenvalue weighted by Crippen LogP contribution is -2.15. The molecule has 2 rings (SSSR count). The molecule has 1 aliphatic rings. The Hall–Kier alpha value is -1.12. The second-order valence-corrected chi connectivity index (χ2v) is 5.06. The van der Waals surface area contributed by atoms with Crippen LogP contribution in [-0.4, -0.2) is 9.97 Å². The van der Waals surface area contributed by atoms with Gasteiger partial charge in [-0.2, -0.15) is 0 Å². The summed E-state index contributed by atoms with van der Waals surface area (Å²) in [4.78, 5) is 19.2. The molecule has 17 heavy (non-hydrogen) atoms. The van der Waals surface area contributed by atoms with Gasteiger partial charge >= 0.3 is 0 Å². The Morgan fingerprint density at radius 1 is 1.29 bits per heavy atom. The molecule has 1 saturated carbocycles. The van der Waals surface area contributed by atoms with E-state index in [9.17, 15) is 4.79 Å². The molecule has 0 amide bonds. The molecule has 0 unspecified atom stereocenters. The van der Waals surface area contributed by atoms with Crippen LogP contribution in [0.3, 0.4) is 0 Å². The molecule has 94 valence electrons. The van der Waals surface area contributed by atoms with Crippen LogP contribution in [0.25, 0.3) is 0 Å². The van der Waals surface area contributed by atoms with Gasteiger partial charge in [-0.15, -0.1) is 0 Å². The van der Waals surface area contributed by atoms with E-state index in [0.29, 0.717) is 5.92 Å². The zero-order chi connectivity index (χ0) is 12.1. The fraction of sp³-hybridized carbons (Fsp3) is 0.714. The lowest BCUT2D eigenvalue weighted by Gasteiger charge is -2.13. The van der Waals surface area contributed by atoms with Gasteiger partial charge in [-0.1, -0.05) is 39.0 Å². The predicted octanol–water partition coefficient (Wildman–Crippen LogP) is 3.16. The highest BCUT2D eigenvalue weighted by Gasteiger charge is 2.17. The first-order valence-corrected chi connectivity index (χ1v) is 6.89. The van der Waals surface area contributed by atoms with Crippen molar-refractivity contribution in [3.8, 4) is 0 Å². The largest absolute Gasteiger partial charge is 0.310 e. The maximum Gasteiger partial charge on any atom is 0.251 e. The van der Waals surface area contributed by atoms with Crippen LogP contribution >= 0.6 is 0 Å². The van der Waals surface area contributed by atoms with Gasteiger partial charge in [-0.3, -0.25) is 4.79 Å². The van der Waals surface area contributed by atoms with Crippen molar-refractivity contribution in [2.45, 2.75) is 64.2 Å². The minimum absolute atomic E-state index is 0.0164. The van der Waals surface area contributed by atoms with Gasteiger partial charge in [0.25, 0.3) is 5.56 Å². The van der Waals surface area contributed by atoms with Crippen molar-refractivity contribution in [2.24, 2.45) is 0 Å². The van der Waals surface area contributed by atoms with Crippen molar-refractivity contribution >= 4 is 0 Å². The monoisotopic (exact) mass is 234 g/mol. The Labute approximate surface area is 103 Å². The maximum absolute atomic E-state index is 11.6. The van der Waals surface area contributed by atoms with Gasteiger partial charge in [0.1, 0.15) is 5.82 Å². The van der Waals surface area contributed by atoms with Crippen LogP contribution in [0.5, 0.6) is 0 Å². The maximum atomic E-state index is 11.6. The average Bonchev–Trinajstić information content (AvgIpc) is 2.57. The van der Waals surface area contributed by atoms with Crippen molar-refractivity contribution in [1.82, 2.24) is 9.97 Å². The van der Waals surface area contributed by atoms with E-state index in [4.69, 9.17) is 0 Å². The molecule has 1 aliphatic carbocycles. The van der Waals surface area contributed by atoms with Crippen LogP contribution < -0.4 is 5.56 Å². The molecule has 0 radical (unpaired) electrons. The van der Waals surface area contributed by atoms with Crippen LogP contribution in [0.15, 0.2) is 10.9 Å². The molecule has 3 heteroatoms. The molecule has 1 fully saturated rings. The zero-order valence-electron chi connectivity index (χ0n) is 10.7. The van der Waals surface area contributed by atoms with E-state index in [1.165, 1.54) is 38.5 Å². The van der Waals surface area contributed by atoms with E-state index in [-0.39, 0.29) is 5.56 Å². The number of nitrogens with zero attached hydrogens (tertiary/aromatic N) is 1. The molecular weight excluding hydrogens is 212 g/mol. The second kappa shape index (κ2) is 5.99. The number of H-pyrrole nitrogens is 1. The Bertz CT molecular complexity index is 403.